The maximum Gasteiger partial charge on any atom is 0.238 e. The first-order valence-electron chi connectivity index (χ1n) is 12.8. The highest BCUT2D eigenvalue weighted by molar-refractivity contribution is 7.99. The largest absolute Gasteiger partial charge is 0.368 e. The van der Waals surface area contributed by atoms with Crippen LogP contribution in [0.1, 0.15) is 24.6 Å². The number of hydrogen-bond donors (Lipinski definition) is 3. The molecule has 4 aliphatic rings. The van der Waals surface area contributed by atoms with Crippen molar-refractivity contribution in [3.05, 3.63) is 41.4 Å². The third-order valence-electron chi connectivity index (χ3n) is 8.45. The van der Waals surface area contributed by atoms with E-state index in [-0.39, 0.29) is 17.9 Å². The summed E-state index contributed by atoms with van der Waals surface area (Å²) in [6.45, 7) is 4.95. The quantitative estimate of drug-likeness (QED) is 0.388. The molecule has 10 nitrogen and oxygen atoms in total. The molecule has 1 saturated carbocycles. The van der Waals surface area contributed by atoms with E-state index in [2.05, 4.69) is 38.8 Å². The predicted octanol–water partition coefficient (Wildman–Crippen LogP) is 1.88. The molecule has 12 heteroatoms. The van der Waals surface area contributed by atoms with Gasteiger partial charge in [-0.05, 0) is 42.0 Å². The SMILES string of the molecule is CCC1=C(Cl)c2c(nc(Sc3ccc4c(N5CC(N)C5)ncnc4c3)nc2N2C[C@@H]3[C@H](C2)C3(N)C(N)=O)C1. The van der Waals surface area contributed by atoms with E-state index < -0.39 is 11.4 Å². The molecule has 1 unspecified atom stereocenters. The summed E-state index contributed by atoms with van der Waals surface area (Å²) < 4.78 is 0. The van der Waals surface area contributed by atoms with E-state index in [1.165, 1.54) is 11.8 Å². The van der Waals surface area contributed by atoms with Crippen molar-refractivity contribution < 1.29 is 4.79 Å². The van der Waals surface area contributed by atoms with Crippen molar-refractivity contribution >= 4 is 56.8 Å². The number of carbonyl (C=O) groups excluding carboxylic acids is 1. The van der Waals surface area contributed by atoms with E-state index in [4.69, 9.17) is 38.8 Å². The fraction of sp³-hybridized carbons (Fsp3) is 0.423. The molecule has 4 heterocycles. The number of primary amides is 1. The molecule has 2 aromatic heterocycles. The number of aromatic nitrogens is 4. The summed E-state index contributed by atoms with van der Waals surface area (Å²) in [5, 5.41) is 2.39. The number of amides is 1. The molecule has 2 aliphatic carbocycles. The molecule has 196 valence electrons. The van der Waals surface area contributed by atoms with Crippen molar-refractivity contribution in [3.8, 4) is 0 Å². The van der Waals surface area contributed by atoms with Crippen LogP contribution in [0, 0.1) is 11.8 Å². The Hall–Kier alpha value is -2.99. The number of nitrogens with zero attached hydrogens (tertiary/aromatic N) is 6. The molecule has 3 aromatic rings. The first-order valence-corrected chi connectivity index (χ1v) is 14.0. The lowest BCUT2D eigenvalue weighted by Gasteiger charge is -2.38. The summed E-state index contributed by atoms with van der Waals surface area (Å²) in [5.41, 5.74) is 20.8. The van der Waals surface area contributed by atoms with Gasteiger partial charge in [0.2, 0.25) is 5.91 Å². The van der Waals surface area contributed by atoms with E-state index >= 15 is 0 Å². The van der Waals surface area contributed by atoms with Crippen LogP contribution in [0.3, 0.4) is 0 Å². The first-order chi connectivity index (χ1) is 18.3. The van der Waals surface area contributed by atoms with Gasteiger partial charge in [0.15, 0.2) is 5.16 Å². The van der Waals surface area contributed by atoms with Crippen molar-refractivity contribution in [2.75, 3.05) is 36.0 Å². The highest BCUT2D eigenvalue weighted by Gasteiger charge is 2.70. The fourth-order valence-electron chi connectivity index (χ4n) is 6.17. The molecule has 0 radical (unpaired) electrons. The topological polar surface area (TPSA) is 153 Å². The minimum absolute atomic E-state index is 0.0341. The standard InChI is InChI=1S/C26H28ClN9OS/c1-2-12-5-19-20(21(12)27)23(36-9-16-17(10-36)26(16,30)24(29)37)34-25(33-19)38-14-3-4-15-18(6-14)31-11-32-22(15)35-7-13(28)8-35/h3-4,6,11,13,16-17H,2,5,7-10,28,30H2,1H3,(H2,29,37)/t16-,17+,26?. The van der Waals surface area contributed by atoms with Crippen LogP contribution >= 0.6 is 23.4 Å². The molecular formula is C26H28ClN9OS. The monoisotopic (exact) mass is 549 g/mol. The molecule has 7 rings (SSSR count). The maximum absolute atomic E-state index is 11.9. The van der Waals surface area contributed by atoms with Crippen LogP contribution in [-0.4, -0.2) is 63.6 Å². The second-order valence-electron chi connectivity index (χ2n) is 10.7. The lowest BCUT2D eigenvalue weighted by atomic mass is 10.1. The summed E-state index contributed by atoms with van der Waals surface area (Å²) in [6.07, 6.45) is 3.16. The predicted molar refractivity (Wildman–Crippen MR) is 148 cm³/mol. The minimum Gasteiger partial charge on any atom is -0.368 e. The number of hydrogen-bond acceptors (Lipinski definition) is 10. The second kappa shape index (κ2) is 8.51. The molecule has 38 heavy (non-hydrogen) atoms. The molecule has 6 N–H and O–H groups in total. The molecule has 3 atom stereocenters. The van der Waals surface area contributed by atoms with Crippen LogP contribution < -0.4 is 27.0 Å². The van der Waals surface area contributed by atoms with E-state index in [1.54, 1.807) is 6.33 Å². The maximum atomic E-state index is 11.9. The Bertz CT molecular complexity index is 1530. The Morgan fingerprint density at radius 1 is 1.13 bits per heavy atom. The Labute approximate surface area is 229 Å². The molecular weight excluding hydrogens is 522 g/mol. The lowest BCUT2D eigenvalue weighted by Crippen LogP contribution is -2.56. The van der Waals surface area contributed by atoms with Gasteiger partial charge in [0.05, 0.1) is 21.8 Å². The summed E-state index contributed by atoms with van der Waals surface area (Å²) >= 11 is 8.33. The number of fused-ring (bicyclic) bond motifs is 3. The zero-order valence-corrected chi connectivity index (χ0v) is 22.5. The molecule has 2 aliphatic heterocycles. The Morgan fingerprint density at radius 3 is 2.55 bits per heavy atom. The van der Waals surface area contributed by atoms with Gasteiger partial charge in [-0.15, -0.1) is 0 Å². The number of carbonyl (C=O) groups is 1. The summed E-state index contributed by atoms with van der Waals surface area (Å²) in [7, 11) is 0. The molecule has 1 aromatic carbocycles. The van der Waals surface area contributed by atoms with Crippen molar-refractivity contribution in [1.29, 1.82) is 0 Å². The van der Waals surface area contributed by atoms with Gasteiger partial charge < -0.3 is 27.0 Å². The Kier molecular flexibility index (Phi) is 5.39. The Balaban J connectivity index is 1.21. The summed E-state index contributed by atoms with van der Waals surface area (Å²) in [5.74, 6) is 1.36. The number of nitrogens with two attached hydrogens (primary N) is 3. The van der Waals surface area contributed by atoms with Gasteiger partial charge in [-0.25, -0.2) is 19.9 Å². The van der Waals surface area contributed by atoms with Crippen LogP contribution in [0.2, 0.25) is 0 Å². The van der Waals surface area contributed by atoms with Crippen LogP contribution in [0.25, 0.3) is 15.9 Å². The zero-order valence-electron chi connectivity index (χ0n) is 20.9. The van der Waals surface area contributed by atoms with Gasteiger partial charge in [-0.2, -0.15) is 0 Å². The average Bonchev–Trinajstić information content (AvgIpc) is 3.18. The number of benzene rings is 1. The third kappa shape index (κ3) is 3.52. The summed E-state index contributed by atoms with van der Waals surface area (Å²) in [6, 6.07) is 6.34. The van der Waals surface area contributed by atoms with E-state index in [9.17, 15) is 4.79 Å². The fourth-order valence-corrected chi connectivity index (χ4v) is 7.37. The first kappa shape index (κ1) is 24.1. The van der Waals surface area contributed by atoms with Crippen molar-refractivity contribution in [2.24, 2.45) is 29.0 Å². The third-order valence-corrected chi connectivity index (χ3v) is 9.76. The molecule has 0 spiro atoms. The Morgan fingerprint density at radius 2 is 1.87 bits per heavy atom. The molecule has 0 bridgehead atoms. The van der Waals surface area contributed by atoms with Gasteiger partial charge >= 0.3 is 0 Å². The van der Waals surface area contributed by atoms with Gasteiger partial charge in [-0.1, -0.05) is 18.5 Å². The normalized spacial score (nSPS) is 26.1. The number of allylic oxidation sites excluding steroid dienone is 1. The van der Waals surface area contributed by atoms with Crippen molar-refractivity contribution in [2.45, 2.75) is 41.4 Å². The van der Waals surface area contributed by atoms with Gasteiger partial charge in [0.1, 0.15) is 23.5 Å². The average molecular weight is 550 g/mol. The molecule has 2 saturated heterocycles. The summed E-state index contributed by atoms with van der Waals surface area (Å²) in [4.78, 5) is 36.2. The highest BCUT2D eigenvalue weighted by Crippen LogP contribution is 2.55. The number of piperidine rings is 1. The number of anilines is 2. The zero-order chi connectivity index (χ0) is 26.3. The van der Waals surface area contributed by atoms with Gasteiger partial charge in [0, 0.05) is 60.8 Å². The van der Waals surface area contributed by atoms with Crippen LogP contribution in [0.15, 0.2) is 40.2 Å². The van der Waals surface area contributed by atoms with Crippen LogP contribution in [0.4, 0.5) is 11.6 Å². The molecule has 3 fully saturated rings. The van der Waals surface area contributed by atoms with Gasteiger partial charge in [0.25, 0.3) is 0 Å². The van der Waals surface area contributed by atoms with Crippen LogP contribution in [-0.2, 0) is 11.2 Å². The van der Waals surface area contributed by atoms with Crippen molar-refractivity contribution in [3.63, 3.8) is 0 Å². The van der Waals surface area contributed by atoms with Crippen LogP contribution in [0.5, 0.6) is 0 Å². The van der Waals surface area contributed by atoms with E-state index in [0.717, 1.165) is 68.8 Å². The second-order valence-corrected chi connectivity index (χ2v) is 12.1. The lowest BCUT2D eigenvalue weighted by molar-refractivity contribution is -0.120. The molecule has 1 amide bonds. The number of halogens is 1. The highest BCUT2D eigenvalue weighted by atomic mass is 35.5. The van der Waals surface area contributed by atoms with Crippen molar-refractivity contribution in [1.82, 2.24) is 19.9 Å². The smallest absolute Gasteiger partial charge is 0.238 e. The number of rotatable bonds is 6. The van der Waals surface area contributed by atoms with E-state index in [0.29, 0.717) is 24.7 Å². The van der Waals surface area contributed by atoms with Gasteiger partial charge in [-0.3, -0.25) is 4.79 Å². The van der Waals surface area contributed by atoms with E-state index in [1.807, 2.05) is 6.07 Å². The minimum atomic E-state index is -0.911.